The van der Waals surface area contributed by atoms with Crippen molar-refractivity contribution in [3.05, 3.63) is 31.2 Å². The van der Waals surface area contributed by atoms with Crippen molar-refractivity contribution in [2.24, 2.45) is 11.8 Å². The molecule has 0 saturated carbocycles. The fraction of sp³-hybridized carbons (Fsp3) is 0.650. The molecule has 2 unspecified atom stereocenters. The highest BCUT2D eigenvalue weighted by molar-refractivity contribution is 8.26. The number of fused-ring (bicyclic) bond motifs is 2. The number of unbranched alkanes of at least 4 members (excludes halogenated alkanes) is 2. The van der Waals surface area contributed by atoms with Gasteiger partial charge >= 0.3 is 11.9 Å². The number of hydrogen-bond acceptors (Lipinski definition) is 13. The molecule has 0 aliphatic carbocycles. The molecule has 0 aromatic heterocycles. The second-order valence-corrected chi connectivity index (χ2v) is 19.4. The van der Waals surface area contributed by atoms with Crippen LogP contribution in [0.15, 0.2) is 39.3 Å². The Labute approximate surface area is 338 Å². The van der Waals surface area contributed by atoms with Gasteiger partial charge in [0, 0.05) is 12.8 Å². The number of rotatable bonds is 22. The van der Waals surface area contributed by atoms with Gasteiger partial charge in [0.1, 0.15) is 17.6 Å². The molecule has 0 spiro atoms. The fourth-order valence-corrected chi connectivity index (χ4v) is 10.7. The molecule has 2 aliphatic heterocycles. The third-order valence-electron chi connectivity index (χ3n) is 8.94. The molecule has 3 rings (SSSR count). The summed E-state index contributed by atoms with van der Waals surface area (Å²) in [7, 11) is 0. The maximum atomic E-state index is 13.3. The summed E-state index contributed by atoms with van der Waals surface area (Å²) < 4.78 is 25.2. The zero-order valence-electron chi connectivity index (χ0n) is 32.9. The zero-order valence-corrected chi connectivity index (χ0v) is 36.2. The normalized spacial score (nSPS) is 14.7. The van der Waals surface area contributed by atoms with Gasteiger partial charge in [-0.1, -0.05) is 113 Å². The van der Waals surface area contributed by atoms with Crippen LogP contribution in [0.1, 0.15) is 120 Å². The van der Waals surface area contributed by atoms with Crippen molar-refractivity contribution in [1.82, 2.24) is 0 Å². The first-order valence-electron chi connectivity index (χ1n) is 18.9. The summed E-state index contributed by atoms with van der Waals surface area (Å²) in [5, 5.41) is 30.4. The first kappa shape index (κ1) is 45.9. The lowest BCUT2D eigenvalue weighted by atomic mass is 10.0. The topological polar surface area (TPSA) is 140 Å². The Morgan fingerprint density at radius 1 is 0.741 bits per heavy atom. The summed E-state index contributed by atoms with van der Waals surface area (Å²) in [4.78, 5) is 32.9. The summed E-state index contributed by atoms with van der Waals surface area (Å²) in [6, 6.07) is 2.06. The van der Waals surface area contributed by atoms with E-state index in [-0.39, 0.29) is 37.3 Å². The number of ether oxygens (including phenoxy) is 4. The van der Waals surface area contributed by atoms with Crippen molar-refractivity contribution >= 4 is 59.0 Å². The van der Waals surface area contributed by atoms with Crippen molar-refractivity contribution in [3.8, 4) is 17.6 Å². The molecule has 2 N–H and O–H groups in total. The van der Waals surface area contributed by atoms with E-state index in [0.717, 1.165) is 51.4 Å². The maximum absolute atomic E-state index is 13.3. The van der Waals surface area contributed by atoms with Crippen LogP contribution in [0, 0.1) is 29.7 Å². The van der Waals surface area contributed by atoms with Gasteiger partial charge < -0.3 is 29.2 Å². The van der Waals surface area contributed by atoms with E-state index in [0.29, 0.717) is 64.6 Å². The SMILES string of the molecule is [C-]#[N+]C(C(=O)OCCC(C)(C)O)=C1Sc2c(OCC(CC)CCCC)c3c(c(OCC(CC)CCCC)c2S1)SC(=C(C#N)C(=O)OCCC(C)(C)O)S3. The molecule has 0 bridgehead atoms. The van der Waals surface area contributed by atoms with Crippen LogP contribution in [0.5, 0.6) is 11.5 Å². The molecule has 0 saturated heterocycles. The number of nitriles is 1. The quantitative estimate of drug-likeness (QED) is 0.0497. The Morgan fingerprint density at radius 3 is 1.50 bits per heavy atom. The molecule has 0 fully saturated rings. The predicted molar refractivity (Wildman–Crippen MR) is 217 cm³/mol. The summed E-state index contributed by atoms with van der Waals surface area (Å²) in [6.45, 7) is 23.9. The van der Waals surface area contributed by atoms with E-state index in [2.05, 4.69) is 38.6 Å². The van der Waals surface area contributed by atoms with Crippen LogP contribution in [-0.2, 0) is 19.1 Å². The number of nitrogens with zero attached hydrogens (tertiary/aromatic N) is 2. The molecule has 0 amide bonds. The number of hydrogen-bond donors (Lipinski definition) is 2. The van der Waals surface area contributed by atoms with Crippen molar-refractivity contribution < 1.29 is 38.7 Å². The Hall–Kier alpha value is -2.46. The molecule has 1 aromatic carbocycles. The van der Waals surface area contributed by atoms with Gasteiger partial charge in [-0.3, -0.25) is 4.79 Å². The molecular formula is C40H56N2O8S4. The molecule has 2 aliphatic rings. The highest BCUT2D eigenvalue weighted by atomic mass is 32.2. The van der Waals surface area contributed by atoms with Crippen LogP contribution in [-0.4, -0.2) is 59.8 Å². The number of esters is 2. The van der Waals surface area contributed by atoms with E-state index in [1.807, 2.05) is 0 Å². The second-order valence-electron chi connectivity index (χ2n) is 14.8. The van der Waals surface area contributed by atoms with Gasteiger partial charge in [0.2, 0.25) is 0 Å². The van der Waals surface area contributed by atoms with Crippen LogP contribution in [0.25, 0.3) is 4.85 Å². The second kappa shape index (κ2) is 21.7. The molecule has 298 valence electrons. The fourth-order valence-electron chi connectivity index (χ4n) is 5.34. The lowest BCUT2D eigenvalue weighted by molar-refractivity contribution is -0.140. The minimum Gasteiger partial charge on any atom is -0.491 e. The highest BCUT2D eigenvalue weighted by Crippen LogP contribution is 2.68. The van der Waals surface area contributed by atoms with Crippen LogP contribution in [0.2, 0.25) is 0 Å². The summed E-state index contributed by atoms with van der Waals surface area (Å²) in [5.74, 6) is 0.187. The highest BCUT2D eigenvalue weighted by Gasteiger charge is 2.40. The van der Waals surface area contributed by atoms with E-state index in [1.165, 1.54) is 47.0 Å². The minimum absolute atomic E-state index is 0.0376. The molecule has 54 heavy (non-hydrogen) atoms. The molecule has 10 nitrogen and oxygen atoms in total. The van der Waals surface area contributed by atoms with Crippen molar-refractivity contribution in [2.45, 2.75) is 150 Å². The monoisotopic (exact) mass is 820 g/mol. The molecular weight excluding hydrogens is 765 g/mol. The van der Waals surface area contributed by atoms with Crippen LogP contribution in [0.3, 0.4) is 0 Å². The first-order valence-corrected chi connectivity index (χ1v) is 22.1. The maximum Gasteiger partial charge on any atom is 0.350 e. The van der Waals surface area contributed by atoms with Crippen LogP contribution < -0.4 is 9.47 Å². The number of benzene rings is 1. The summed E-state index contributed by atoms with van der Waals surface area (Å²) in [5.41, 5.74) is -2.35. The van der Waals surface area contributed by atoms with E-state index >= 15 is 0 Å². The summed E-state index contributed by atoms with van der Waals surface area (Å²) >= 11 is 5.05. The summed E-state index contributed by atoms with van der Waals surface area (Å²) in [6.07, 6.45) is 8.57. The van der Waals surface area contributed by atoms with E-state index in [4.69, 9.17) is 25.5 Å². The van der Waals surface area contributed by atoms with Gasteiger partial charge in [-0.05, 0) is 52.4 Å². The lowest BCUT2D eigenvalue weighted by Crippen LogP contribution is -2.22. The van der Waals surface area contributed by atoms with Crippen molar-refractivity contribution in [2.75, 3.05) is 26.4 Å². The molecule has 0 radical (unpaired) electrons. The van der Waals surface area contributed by atoms with Crippen LogP contribution in [0.4, 0.5) is 0 Å². The van der Waals surface area contributed by atoms with Crippen molar-refractivity contribution in [1.29, 1.82) is 5.26 Å². The Morgan fingerprint density at radius 2 is 1.15 bits per heavy atom. The van der Waals surface area contributed by atoms with Gasteiger partial charge in [0.25, 0.3) is 5.70 Å². The van der Waals surface area contributed by atoms with Gasteiger partial charge in [-0.2, -0.15) is 5.26 Å². The standard InChI is InChI=1S/C40H56N2O8S4/c1-10-14-16-25(12-3)23-49-29-31-32(52-37(51-31)27(22-41)35(43)47-20-18-39(5,6)45)30(50-24-26(13-4)17-15-11-2)34-33(29)53-38(54-34)28(42-9)36(44)48-21-19-40(7,8)46/h25-26,45-46H,10-21,23-24H2,1-8H3. The molecule has 2 atom stereocenters. The Bertz CT molecular complexity index is 1470. The number of carbonyl (C=O) groups excluding carboxylic acids is 2. The Balaban J connectivity index is 2.18. The van der Waals surface area contributed by atoms with E-state index in [1.54, 1.807) is 27.7 Å². The molecule has 1 aromatic rings. The van der Waals surface area contributed by atoms with Crippen LogP contribution >= 0.6 is 47.0 Å². The van der Waals surface area contributed by atoms with E-state index in [9.17, 15) is 25.1 Å². The van der Waals surface area contributed by atoms with Gasteiger partial charge in [-0.15, -0.1) is 0 Å². The van der Waals surface area contributed by atoms with Crippen molar-refractivity contribution in [3.63, 3.8) is 0 Å². The number of aliphatic hydroxyl groups is 2. The average molecular weight is 821 g/mol. The third kappa shape index (κ3) is 13.3. The zero-order chi connectivity index (χ0) is 40.1. The van der Waals surface area contributed by atoms with E-state index < -0.39 is 23.1 Å². The third-order valence-corrected chi connectivity index (χ3v) is 14.1. The largest absolute Gasteiger partial charge is 0.491 e. The lowest BCUT2D eigenvalue weighted by Gasteiger charge is -2.22. The van der Waals surface area contributed by atoms with Gasteiger partial charge in [0.15, 0.2) is 5.57 Å². The van der Waals surface area contributed by atoms with Gasteiger partial charge in [-0.25, -0.2) is 9.64 Å². The predicted octanol–water partition coefficient (Wildman–Crippen LogP) is 10.5. The van der Waals surface area contributed by atoms with Gasteiger partial charge in [0.05, 0.1) is 72.3 Å². The number of thioether (sulfide) groups is 4. The minimum atomic E-state index is -1.03. The first-order chi connectivity index (χ1) is 25.6. The molecule has 2 heterocycles. The molecule has 14 heteroatoms. The number of carbonyl (C=O) groups is 2. The Kier molecular flexibility index (Phi) is 18.5. The smallest absolute Gasteiger partial charge is 0.350 e. The average Bonchev–Trinajstić information content (AvgIpc) is 3.73.